The maximum Gasteiger partial charge on any atom is 0.323 e. The van der Waals surface area contributed by atoms with Crippen LogP contribution in [0.3, 0.4) is 0 Å². The Labute approximate surface area is 133 Å². The molecule has 2 N–H and O–H groups in total. The first-order valence-electron chi connectivity index (χ1n) is 7.97. The third-order valence-electron chi connectivity index (χ3n) is 5.02. The minimum Gasteiger partial charge on any atom is -0.310 e. The number of imidazole rings is 1. The van der Waals surface area contributed by atoms with Gasteiger partial charge in [-0.3, -0.25) is 9.36 Å². The molecule has 2 aromatic heterocycles. The number of nitrogens with one attached hydrogen (secondary N) is 2. The van der Waals surface area contributed by atoms with E-state index in [-0.39, 0.29) is 17.5 Å². The van der Waals surface area contributed by atoms with Crippen molar-refractivity contribution < 1.29 is 4.79 Å². The molecule has 0 amide bonds. The minimum absolute atomic E-state index is 0.0946. The van der Waals surface area contributed by atoms with Gasteiger partial charge >= 0.3 is 5.69 Å². The molecule has 118 valence electrons. The molecule has 0 saturated carbocycles. The molecule has 5 heteroatoms. The zero-order valence-electron chi connectivity index (χ0n) is 13.3. The number of hydrogen-bond acceptors (Lipinski definition) is 2. The Morgan fingerprint density at radius 1 is 1.17 bits per heavy atom. The number of aromatic nitrogens is 3. The molecule has 1 aliphatic heterocycles. The van der Waals surface area contributed by atoms with Crippen LogP contribution >= 0.6 is 0 Å². The molecule has 0 fully saturated rings. The molecule has 1 aliphatic rings. The van der Waals surface area contributed by atoms with E-state index in [4.69, 9.17) is 0 Å². The number of benzene rings is 1. The fourth-order valence-electron chi connectivity index (χ4n) is 3.77. The van der Waals surface area contributed by atoms with Crippen LogP contribution in [0.25, 0.3) is 10.9 Å². The van der Waals surface area contributed by atoms with Gasteiger partial charge in [0, 0.05) is 34.8 Å². The number of aryl methyl sites for hydroxylation is 2. The van der Waals surface area contributed by atoms with E-state index in [0.29, 0.717) is 6.42 Å². The standard InChI is InChI=1S/C18H19N3O2/c1-10-13-5-3-4-6-16(13)21-15(10)8-7-12(17(21)22)9-14-11(2)19-18(23)20-14/h3-6,12H,7-9H2,1-2H3,(H2,19,20,23). The summed E-state index contributed by atoms with van der Waals surface area (Å²) in [5.74, 6) is 0.0415. The molecule has 0 radical (unpaired) electrons. The lowest BCUT2D eigenvalue weighted by Crippen LogP contribution is -2.30. The predicted molar refractivity (Wildman–Crippen MR) is 89.0 cm³/mol. The Bertz CT molecular complexity index is 974. The number of carbonyl (C=O) groups is 1. The topological polar surface area (TPSA) is 70.7 Å². The molecule has 0 saturated heterocycles. The van der Waals surface area contributed by atoms with Gasteiger partial charge in [0.25, 0.3) is 0 Å². The zero-order chi connectivity index (χ0) is 16.1. The lowest BCUT2D eigenvalue weighted by molar-refractivity contribution is 0.0808. The summed E-state index contributed by atoms with van der Waals surface area (Å²) in [5, 5.41) is 1.16. The SMILES string of the molecule is Cc1[nH]c(=O)[nH]c1CC1CCc2c(C)c3ccccc3n2C1=O. The average Bonchev–Trinajstić information content (AvgIpc) is 3.00. The largest absolute Gasteiger partial charge is 0.323 e. The molecule has 0 spiro atoms. The van der Waals surface area contributed by atoms with Crippen molar-refractivity contribution in [2.24, 2.45) is 5.92 Å². The van der Waals surface area contributed by atoms with E-state index in [1.165, 1.54) is 5.56 Å². The van der Waals surface area contributed by atoms with Gasteiger partial charge in [-0.1, -0.05) is 18.2 Å². The van der Waals surface area contributed by atoms with E-state index < -0.39 is 0 Å². The van der Waals surface area contributed by atoms with Crippen LogP contribution in [-0.4, -0.2) is 20.4 Å². The van der Waals surface area contributed by atoms with Crippen LogP contribution in [0.1, 0.15) is 33.9 Å². The van der Waals surface area contributed by atoms with E-state index in [9.17, 15) is 9.59 Å². The first-order valence-corrected chi connectivity index (χ1v) is 7.97. The summed E-state index contributed by atoms with van der Waals surface area (Å²) in [6, 6.07) is 8.07. The molecular weight excluding hydrogens is 290 g/mol. The van der Waals surface area contributed by atoms with Crippen molar-refractivity contribution in [2.45, 2.75) is 33.1 Å². The Balaban J connectivity index is 1.76. The summed E-state index contributed by atoms with van der Waals surface area (Å²) in [4.78, 5) is 30.0. The van der Waals surface area contributed by atoms with Gasteiger partial charge in [0.2, 0.25) is 5.91 Å². The van der Waals surface area contributed by atoms with Crippen LogP contribution in [-0.2, 0) is 12.8 Å². The first-order chi connectivity index (χ1) is 11.1. The number of para-hydroxylation sites is 1. The molecule has 3 aromatic rings. The molecule has 0 aliphatic carbocycles. The second kappa shape index (κ2) is 4.98. The lowest BCUT2D eigenvalue weighted by atomic mass is 9.91. The van der Waals surface area contributed by atoms with Gasteiger partial charge in [-0.05, 0) is 38.3 Å². The second-order valence-corrected chi connectivity index (χ2v) is 6.38. The van der Waals surface area contributed by atoms with Crippen molar-refractivity contribution in [1.29, 1.82) is 0 Å². The van der Waals surface area contributed by atoms with Gasteiger partial charge in [0.1, 0.15) is 0 Å². The summed E-state index contributed by atoms with van der Waals surface area (Å²) < 4.78 is 1.89. The number of rotatable bonds is 2. The molecular formula is C18H19N3O2. The van der Waals surface area contributed by atoms with Crippen LogP contribution in [0, 0.1) is 19.8 Å². The summed E-state index contributed by atoms with van der Waals surface area (Å²) >= 11 is 0. The average molecular weight is 309 g/mol. The number of aromatic amines is 2. The Morgan fingerprint density at radius 2 is 1.96 bits per heavy atom. The third-order valence-corrected chi connectivity index (χ3v) is 5.02. The molecule has 5 nitrogen and oxygen atoms in total. The minimum atomic E-state index is -0.205. The van der Waals surface area contributed by atoms with Crippen LogP contribution in [0.5, 0.6) is 0 Å². The smallest absolute Gasteiger partial charge is 0.310 e. The van der Waals surface area contributed by atoms with Gasteiger partial charge < -0.3 is 9.97 Å². The summed E-state index contributed by atoms with van der Waals surface area (Å²) in [6.45, 7) is 3.96. The zero-order valence-corrected chi connectivity index (χ0v) is 13.3. The fraction of sp³-hybridized carbons (Fsp3) is 0.333. The highest BCUT2D eigenvalue weighted by atomic mass is 16.2. The number of nitrogens with zero attached hydrogens (tertiary/aromatic N) is 1. The summed E-state index contributed by atoms with van der Waals surface area (Å²) in [6.07, 6.45) is 2.29. The van der Waals surface area contributed by atoms with Gasteiger partial charge in [-0.15, -0.1) is 0 Å². The summed E-state index contributed by atoms with van der Waals surface area (Å²) in [7, 11) is 0. The van der Waals surface area contributed by atoms with Gasteiger partial charge in [0.15, 0.2) is 0 Å². The Hall–Kier alpha value is -2.56. The number of hydrogen-bond donors (Lipinski definition) is 2. The fourth-order valence-corrected chi connectivity index (χ4v) is 3.77. The molecule has 3 heterocycles. The van der Waals surface area contributed by atoms with Crippen molar-refractivity contribution in [1.82, 2.24) is 14.5 Å². The Kier molecular flexibility index (Phi) is 3.04. The number of H-pyrrole nitrogens is 2. The molecule has 1 unspecified atom stereocenters. The first kappa shape index (κ1) is 14.1. The van der Waals surface area contributed by atoms with Crippen LogP contribution in [0.4, 0.5) is 0 Å². The van der Waals surface area contributed by atoms with Crippen LogP contribution < -0.4 is 5.69 Å². The van der Waals surface area contributed by atoms with E-state index >= 15 is 0 Å². The van der Waals surface area contributed by atoms with Crippen molar-refractivity contribution in [3.63, 3.8) is 0 Å². The lowest BCUT2D eigenvalue weighted by Gasteiger charge is -2.24. The van der Waals surface area contributed by atoms with Gasteiger partial charge in [-0.25, -0.2) is 4.79 Å². The van der Waals surface area contributed by atoms with Gasteiger partial charge in [0.05, 0.1) is 5.52 Å². The summed E-state index contributed by atoms with van der Waals surface area (Å²) in [5.41, 5.74) is 4.79. The maximum atomic E-state index is 13.0. The molecule has 1 aromatic carbocycles. The highest BCUT2D eigenvalue weighted by molar-refractivity contribution is 5.97. The highest BCUT2D eigenvalue weighted by Gasteiger charge is 2.31. The monoisotopic (exact) mass is 309 g/mol. The normalized spacial score (nSPS) is 17.7. The van der Waals surface area contributed by atoms with Crippen molar-refractivity contribution in [3.8, 4) is 0 Å². The number of carbonyl (C=O) groups excluding carboxylic acids is 1. The van der Waals surface area contributed by atoms with E-state index in [0.717, 1.165) is 40.8 Å². The highest BCUT2D eigenvalue weighted by Crippen LogP contribution is 2.32. The van der Waals surface area contributed by atoms with Crippen molar-refractivity contribution >= 4 is 16.8 Å². The third kappa shape index (κ3) is 2.07. The van der Waals surface area contributed by atoms with Crippen molar-refractivity contribution in [3.05, 3.63) is 57.4 Å². The second-order valence-electron chi connectivity index (χ2n) is 6.38. The predicted octanol–water partition coefficient (Wildman–Crippen LogP) is 2.72. The van der Waals surface area contributed by atoms with Crippen LogP contribution in [0.2, 0.25) is 0 Å². The van der Waals surface area contributed by atoms with Crippen LogP contribution in [0.15, 0.2) is 29.1 Å². The van der Waals surface area contributed by atoms with E-state index in [1.54, 1.807) is 0 Å². The van der Waals surface area contributed by atoms with E-state index in [2.05, 4.69) is 23.0 Å². The van der Waals surface area contributed by atoms with Gasteiger partial charge in [-0.2, -0.15) is 0 Å². The quantitative estimate of drug-likeness (QED) is 0.764. The van der Waals surface area contributed by atoms with Crippen molar-refractivity contribution in [2.75, 3.05) is 0 Å². The maximum absolute atomic E-state index is 13.0. The molecule has 23 heavy (non-hydrogen) atoms. The molecule has 4 rings (SSSR count). The Morgan fingerprint density at radius 3 is 2.70 bits per heavy atom. The molecule has 1 atom stereocenters. The number of fused-ring (bicyclic) bond motifs is 3. The van der Waals surface area contributed by atoms with E-state index in [1.807, 2.05) is 29.7 Å². The molecule has 0 bridgehead atoms.